The Hall–Kier alpha value is -3.48. The predicted octanol–water partition coefficient (Wildman–Crippen LogP) is 2.48. The number of esters is 1. The zero-order valence-corrected chi connectivity index (χ0v) is 14.0. The van der Waals surface area contributed by atoms with Crippen LogP contribution in [0.4, 0.5) is 10.1 Å². The van der Waals surface area contributed by atoms with Gasteiger partial charge in [-0.25, -0.2) is 9.18 Å². The van der Waals surface area contributed by atoms with E-state index in [1.165, 1.54) is 37.3 Å². The van der Waals surface area contributed by atoms with Crippen LogP contribution in [0.25, 0.3) is 6.08 Å². The molecule has 2 N–H and O–H groups in total. The van der Waals surface area contributed by atoms with Gasteiger partial charge in [-0.1, -0.05) is 30.3 Å². The molecular weight excluding hydrogens is 339 g/mol. The quantitative estimate of drug-likeness (QED) is 0.615. The summed E-state index contributed by atoms with van der Waals surface area (Å²) in [5.74, 6) is -2.31. The molecular formula is C19H17FN2O4. The van der Waals surface area contributed by atoms with Crippen molar-refractivity contribution in [1.82, 2.24) is 5.32 Å². The maximum absolute atomic E-state index is 12.8. The normalized spacial score (nSPS) is 10.8. The van der Waals surface area contributed by atoms with E-state index in [1.54, 1.807) is 24.3 Å². The lowest BCUT2D eigenvalue weighted by atomic mass is 10.2. The van der Waals surface area contributed by atoms with Gasteiger partial charge in [0.2, 0.25) is 5.91 Å². The lowest BCUT2D eigenvalue weighted by Gasteiger charge is -2.09. The average Bonchev–Trinajstić information content (AvgIpc) is 2.61. The van der Waals surface area contributed by atoms with Crippen molar-refractivity contribution in [1.29, 1.82) is 0 Å². The van der Waals surface area contributed by atoms with Crippen molar-refractivity contribution >= 4 is 29.5 Å². The number of hydrogen-bond donors (Lipinski definition) is 2. The van der Waals surface area contributed by atoms with Gasteiger partial charge in [-0.15, -0.1) is 0 Å². The Bertz CT molecular complexity index is 817. The van der Waals surface area contributed by atoms with E-state index in [0.29, 0.717) is 11.3 Å². The van der Waals surface area contributed by atoms with Crippen LogP contribution < -0.4 is 10.6 Å². The van der Waals surface area contributed by atoms with Gasteiger partial charge in [-0.05, 0) is 35.9 Å². The molecule has 2 amide bonds. The van der Waals surface area contributed by atoms with Crippen molar-refractivity contribution in [3.63, 3.8) is 0 Å². The van der Waals surface area contributed by atoms with Crippen LogP contribution in [-0.4, -0.2) is 24.4 Å². The molecule has 2 aromatic rings. The molecule has 0 aliphatic carbocycles. The third-order valence-electron chi connectivity index (χ3n) is 3.10. The SMILES string of the molecule is CC(=O)N/C(=C/c1ccccc1)C(=O)OCC(=O)Nc1ccc(F)cc1. The average molecular weight is 356 g/mol. The second-order valence-electron chi connectivity index (χ2n) is 5.28. The molecule has 6 nitrogen and oxygen atoms in total. The molecule has 2 rings (SSSR count). The molecule has 26 heavy (non-hydrogen) atoms. The molecule has 0 radical (unpaired) electrons. The number of benzene rings is 2. The predicted molar refractivity (Wildman–Crippen MR) is 94.2 cm³/mol. The van der Waals surface area contributed by atoms with Crippen LogP contribution in [-0.2, 0) is 19.1 Å². The van der Waals surface area contributed by atoms with Gasteiger partial charge in [0, 0.05) is 12.6 Å². The van der Waals surface area contributed by atoms with Gasteiger partial charge in [0.1, 0.15) is 11.5 Å². The Morgan fingerprint density at radius 1 is 1.04 bits per heavy atom. The fourth-order valence-electron chi connectivity index (χ4n) is 1.99. The first kappa shape index (κ1) is 18.9. The number of rotatable bonds is 6. The van der Waals surface area contributed by atoms with E-state index in [0.717, 1.165) is 0 Å². The second-order valence-corrected chi connectivity index (χ2v) is 5.28. The summed E-state index contributed by atoms with van der Waals surface area (Å²) < 4.78 is 17.8. The van der Waals surface area contributed by atoms with E-state index >= 15 is 0 Å². The first-order chi connectivity index (χ1) is 12.4. The summed E-state index contributed by atoms with van der Waals surface area (Å²) in [7, 11) is 0. The monoisotopic (exact) mass is 356 g/mol. The van der Waals surface area contributed by atoms with Crippen LogP contribution in [0.5, 0.6) is 0 Å². The number of nitrogens with one attached hydrogen (secondary N) is 2. The van der Waals surface area contributed by atoms with E-state index in [-0.39, 0.29) is 5.70 Å². The van der Waals surface area contributed by atoms with Crippen LogP contribution in [0.2, 0.25) is 0 Å². The Morgan fingerprint density at radius 3 is 2.31 bits per heavy atom. The molecule has 0 saturated heterocycles. The number of hydrogen-bond acceptors (Lipinski definition) is 4. The molecule has 134 valence electrons. The van der Waals surface area contributed by atoms with E-state index in [1.807, 2.05) is 6.07 Å². The molecule has 0 spiro atoms. The number of carbonyl (C=O) groups is 3. The van der Waals surface area contributed by atoms with Crippen LogP contribution in [0.15, 0.2) is 60.3 Å². The van der Waals surface area contributed by atoms with Gasteiger partial charge >= 0.3 is 5.97 Å². The van der Waals surface area contributed by atoms with Gasteiger partial charge in [0.25, 0.3) is 5.91 Å². The maximum Gasteiger partial charge on any atom is 0.355 e. The van der Waals surface area contributed by atoms with E-state index in [2.05, 4.69) is 10.6 Å². The summed E-state index contributed by atoms with van der Waals surface area (Å²) in [6.07, 6.45) is 1.45. The number of ether oxygens (including phenoxy) is 1. The van der Waals surface area contributed by atoms with E-state index in [4.69, 9.17) is 4.74 Å². The van der Waals surface area contributed by atoms with Gasteiger partial charge < -0.3 is 15.4 Å². The summed E-state index contributed by atoms with van der Waals surface area (Å²) in [5, 5.41) is 4.85. The van der Waals surface area contributed by atoms with Crippen molar-refractivity contribution in [3.8, 4) is 0 Å². The summed E-state index contributed by atoms with van der Waals surface area (Å²) in [6, 6.07) is 14.0. The van der Waals surface area contributed by atoms with Crippen LogP contribution in [0.3, 0.4) is 0 Å². The lowest BCUT2D eigenvalue weighted by molar-refractivity contribution is -0.144. The zero-order chi connectivity index (χ0) is 18.9. The molecule has 0 heterocycles. The molecule has 0 bridgehead atoms. The fourth-order valence-corrected chi connectivity index (χ4v) is 1.99. The molecule has 0 unspecified atom stereocenters. The molecule has 0 aliphatic heterocycles. The zero-order valence-electron chi connectivity index (χ0n) is 14.0. The first-order valence-electron chi connectivity index (χ1n) is 7.71. The number of amides is 2. The molecule has 0 fully saturated rings. The Balaban J connectivity index is 1.98. The Morgan fingerprint density at radius 2 is 1.69 bits per heavy atom. The summed E-state index contributed by atoms with van der Waals surface area (Å²) in [5.41, 5.74) is 0.969. The highest BCUT2D eigenvalue weighted by Crippen LogP contribution is 2.09. The first-order valence-corrected chi connectivity index (χ1v) is 7.71. The molecule has 0 aliphatic rings. The number of anilines is 1. The Kier molecular flexibility index (Phi) is 6.61. The highest BCUT2D eigenvalue weighted by Gasteiger charge is 2.15. The van der Waals surface area contributed by atoms with Gasteiger partial charge in [-0.3, -0.25) is 9.59 Å². The smallest absolute Gasteiger partial charge is 0.355 e. The lowest BCUT2D eigenvalue weighted by Crippen LogP contribution is -2.28. The standard InChI is InChI=1S/C19H17FN2O4/c1-13(23)21-17(11-14-5-3-2-4-6-14)19(25)26-12-18(24)22-16-9-7-15(20)8-10-16/h2-11H,12H2,1H3,(H,21,23)(H,22,24)/b17-11+. The molecule has 0 atom stereocenters. The summed E-state index contributed by atoms with van der Waals surface area (Å²) in [6.45, 7) is 0.704. The number of carbonyl (C=O) groups excluding carboxylic acids is 3. The third-order valence-corrected chi connectivity index (χ3v) is 3.10. The molecule has 7 heteroatoms. The number of halogens is 1. The third kappa shape index (κ3) is 6.20. The van der Waals surface area contributed by atoms with Crippen molar-refractivity contribution in [2.45, 2.75) is 6.92 Å². The molecule has 0 saturated carbocycles. The van der Waals surface area contributed by atoms with Crippen LogP contribution in [0.1, 0.15) is 12.5 Å². The minimum absolute atomic E-state index is 0.0849. The van der Waals surface area contributed by atoms with E-state index in [9.17, 15) is 18.8 Å². The summed E-state index contributed by atoms with van der Waals surface area (Å²) in [4.78, 5) is 35.3. The highest BCUT2D eigenvalue weighted by molar-refractivity contribution is 5.99. The van der Waals surface area contributed by atoms with Gasteiger partial charge in [0.15, 0.2) is 6.61 Å². The minimum atomic E-state index is -0.849. The molecule has 2 aromatic carbocycles. The molecule has 0 aromatic heterocycles. The van der Waals surface area contributed by atoms with Crippen molar-refractivity contribution in [3.05, 3.63) is 71.7 Å². The topological polar surface area (TPSA) is 84.5 Å². The van der Waals surface area contributed by atoms with E-state index < -0.39 is 30.2 Å². The van der Waals surface area contributed by atoms with Crippen LogP contribution >= 0.6 is 0 Å². The highest BCUT2D eigenvalue weighted by atomic mass is 19.1. The fraction of sp³-hybridized carbons (Fsp3) is 0.105. The summed E-state index contributed by atoms with van der Waals surface area (Å²) >= 11 is 0. The maximum atomic E-state index is 12.8. The minimum Gasteiger partial charge on any atom is -0.451 e. The van der Waals surface area contributed by atoms with Gasteiger partial charge in [0.05, 0.1) is 0 Å². The van der Waals surface area contributed by atoms with Crippen LogP contribution in [0, 0.1) is 5.82 Å². The Labute approximate surface area is 149 Å². The van der Waals surface area contributed by atoms with Crippen molar-refractivity contribution in [2.24, 2.45) is 0 Å². The van der Waals surface area contributed by atoms with Crippen molar-refractivity contribution in [2.75, 3.05) is 11.9 Å². The second kappa shape index (κ2) is 9.12. The largest absolute Gasteiger partial charge is 0.451 e. The van der Waals surface area contributed by atoms with Gasteiger partial charge in [-0.2, -0.15) is 0 Å². The van der Waals surface area contributed by atoms with Crippen molar-refractivity contribution < 1.29 is 23.5 Å².